The summed E-state index contributed by atoms with van der Waals surface area (Å²) in [6.45, 7) is 2.95. The van der Waals surface area contributed by atoms with Crippen LogP contribution in [0.3, 0.4) is 0 Å². The third-order valence-electron chi connectivity index (χ3n) is 3.32. The number of allylic oxidation sites excluding steroid dienone is 1. The fraction of sp³-hybridized carbons (Fsp3) is 0.176. The second-order valence-electron chi connectivity index (χ2n) is 5.10. The first-order valence-electron chi connectivity index (χ1n) is 6.80. The van der Waals surface area contributed by atoms with E-state index in [1.807, 2.05) is 19.1 Å². The highest BCUT2D eigenvalue weighted by Gasteiger charge is 2.42. The van der Waals surface area contributed by atoms with Gasteiger partial charge in [-0.15, -0.1) is 0 Å². The van der Waals surface area contributed by atoms with Gasteiger partial charge in [-0.25, -0.2) is 4.79 Å². The summed E-state index contributed by atoms with van der Waals surface area (Å²) in [7, 11) is 0. The maximum Gasteiger partial charge on any atom is 0.352 e. The third kappa shape index (κ3) is 3.42. The van der Waals surface area contributed by atoms with Crippen LogP contribution in [-0.4, -0.2) is 28.6 Å². The van der Waals surface area contributed by atoms with Crippen molar-refractivity contribution in [2.24, 2.45) is 5.92 Å². The summed E-state index contributed by atoms with van der Waals surface area (Å²) in [4.78, 5) is 46.6. The number of aliphatic hydroxyl groups is 1. The molecule has 1 aromatic carbocycles. The lowest BCUT2D eigenvalue weighted by Crippen LogP contribution is -2.37. The highest BCUT2D eigenvalue weighted by atomic mass is 16.6. The van der Waals surface area contributed by atoms with Gasteiger partial charge in [-0.1, -0.05) is 35.9 Å². The SMILES string of the molecule is CC(=O)C1=C(O)C(C(=O)/C=C/c2ccc(C)cc2)C(=O)OC1=O. The Bertz CT molecular complexity index is 752. The molecule has 2 rings (SSSR count). The zero-order valence-corrected chi connectivity index (χ0v) is 12.5. The summed E-state index contributed by atoms with van der Waals surface area (Å²) in [5.41, 5.74) is 1.10. The fourth-order valence-corrected chi connectivity index (χ4v) is 2.09. The Morgan fingerprint density at radius 1 is 1.17 bits per heavy atom. The van der Waals surface area contributed by atoms with Crippen molar-refractivity contribution in [1.82, 2.24) is 0 Å². The van der Waals surface area contributed by atoms with Crippen LogP contribution in [0.15, 0.2) is 41.7 Å². The molecule has 0 bridgehead atoms. The highest BCUT2D eigenvalue weighted by Crippen LogP contribution is 2.24. The molecular formula is C17H14O6. The van der Waals surface area contributed by atoms with Crippen LogP contribution in [0.1, 0.15) is 18.1 Å². The summed E-state index contributed by atoms with van der Waals surface area (Å²) < 4.78 is 4.36. The third-order valence-corrected chi connectivity index (χ3v) is 3.32. The van der Waals surface area contributed by atoms with E-state index in [9.17, 15) is 24.3 Å². The molecule has 0 radical (unpaired) electrons. The van der Waals surface area contributed by atoms with E-state index in [1.54, 1.807) is 12.1 Å². The number of ketones is 2. The number of aliphatic hydroxyl groups excluding tert-OH is 1. The van der Waals surface area contributed by atoms with Crippen LogP contribution in [0.2, 0.25) is 0 Å². The molecule has 6 nitrogen and oxygen atoms in total. The van der Waals surface area contributed by atoms with Crippen LogP contribution in [0.4, 0.5) is 0 Å². The van der Waals surface area contributed by atoms with Gasteiger partial charge in [-0.3, -0.25) is 14.4 Å². The van der Waals surface area contributed by atoms with Crippen molar-refractivity contribution in [1.29, 1.82) is 0 Å². The molecule has 1 unspecified atom stereocenters. The summed E-state index contributed by atoms with van der Waals surface area (Å²) in [6, 6.07) is 7.25. The van der Waals surface area contributed by atoms with Crippen molar-refractivity contribution >= 4 is 29.6 Å². The second kappa shape index (κ2) is 6.39. The van der Waals surface area contributed by atoms with Gasteiger partial charge in [-0.2, -0.15) is 0 Å². The molecule has 1 heterocycles. The molecule has 1 aromatic rings. The maximum absolute atomic E-state index is 12.1. The fourth-order valence-electron chi connectivity index (χ4n) is 2.09. The number of Topliss-reactive ketones (excluding diaryl/α,β-unsaturated/α-hetero) is 1. The van der Waals surface area contributed by atoms with Gasteiger partial charge < -0.3 is 9.84 Å². The van der Waals surface area contributed by atoms with E-state index in [1.165, 1.54) is 6.08 Å². The number of benzene rings is 1. The first-order chi connectivity index (χ1) is 10.8. The zero-order chi connectivity index (χ0) is 17.1. The van der Waals surface area contributed by atoms with E-state index in [4.69, 9.17) is 0 Å². The predicted molar refractivity (Wildman–Crippen MR) is 80.1 cm³/mol. The first kappa shape index (κ1) is 16.4. The summed E-state index contributed by atoms with van der Waals surface area (Å²) in [5, 5.41) is 9.93. The molecule has 1 aliphatic rings. The molecule has 1 atom stereocenters. The van der Waals surface area contributed by atoms with Gasteiger partial charge in [0.2, 0.25) is 0 Å². The molecule has 1 N–H and O–H groups in total. The quantitative estimate of drug-likeness (QED) is 0.393. The Labute approximate surface area is 132 Å². The molecule has 0 spiro atoms. The van der Waals surface area contributed by atoms with Crippen molar-refractivity contribution in [3.8, 4) is 0 Å². The van der Waals surface area contributed by atoms with Crippen LogP contribution < -0.4 is 0 Å². The molecule has 0 saturated carbocycles. The lowest BCUT2D eigenvalue weighted by atomic mass is 9.93. The van der Waals surface area contributed by atoms with E-state index in [0.717, 1.165) is 24.1 Å². The Kier molecular flexibility index (Phi) is 4.55. The number of carbonyl (C=O) groups is 4. The van der Waals surface area contributed by atoms with Crippen LogP contribution in [0.5, 0.6) is 0 Å². The highest BCUT2D eigenvalue weighted by molar-refractivity contribution is 6.24. The molecule has 0 amide bonds. The maximum atomic E-state index is 12.1. The number of aryl methyl sites for hydroxylation is 1. The van der Waals surface area contributed by atoms with Gasteiger partial charge >= 0.3 is 11.9 Å². The standard InChI is InChI=1S/C17H14O6/c1-9-3-5-11(6-4-9)7-8-12(19)14-15(20)13(10(2)18)16(21)23-17(14)22/h3-8,14,20H,1-2H3/b8-7+. The normalized spacial score (nSPS) is 18.3. The number of hydrogen-bond donors (Lipinski definition) is 1. The molecule has 0 fully saturated rings. The van der Waals surface area contributed by atoms with Crippen LogP contribution >= 0.6 is 0 Å². The lowest BCUT2D eigenvalue weighted by Gasteiger charge is -2.19. The van der Waals surface area contributed by atoms with Gasteiger partial charge in [0.25, 0.3) is 0 Å². The van der Waals surface area contributed by atoms with Crippen molar-refractivity contribution in [3.05, 3.63) is 52.8 Å². The van der Waals surface area contributed by atoms with E-state index < -0.39 is 40.8 Å². The zero-order valence-electron chi connectivity index (χ0n) is 12.5. The van der Waals surface area contributed by atoms with Gasteiger partial charge in [0.15, 0.2) is 17.5 Å². The minimum atomic E-state index is -1.70. The molecule has 6 heteroatoms. The average Bonchev–Trinajstić information content (AvgIpc) is 2.45. The summed E-state index contributed by atoms with van der Waals surface area (Å²) in [6.07, 6.45) is 2.56. The minimum absolute atomic E-state index is 0.674. The monoisotopic (exact) mass is 314 g/mol. The van der Waals surface area contributed by atoms with Gasteiger partial charge in [0.05, 0.1) is 0 Å². The van der Waals surface area contributed by atoms with Gasteiger partial charge in [0, 0.05) is 0 Å². The first-order valence-corrected chi connectivity index (χ1v) is 6.80. The molecule has 118 valence electrons. The molecular weight excluding hydrogens is 300 g/mol. The lowest BCUT2D eigenvalue weighted by molar-refractivity contribution is -0.162. The smallest absolute Gasteiger partial charge is 0.352 e. The summed E-state index contributed by atoms with van der Waals surface area (Å²) >= 11 is 0. The molecule has 0 aromatic heterocycles. The van der Waals surface area contributed by atoms with Crippen molar-refractivity contribution in [3.63, 3.8) is 0 Å². The molecule has 23 heavy (non-hydrogen) atoms. The number of rotatable bonds is 4. The van der Waals surface area contributed by atoms with E-state index >= 15 is 0 Å². The van der Waals surface area contributed by atoms with Crippen molar-refractivity contribution in [2.75, 3.05) is 0 Å². The van der Waals surface area contributed by atoms with Gasteiger partial charge in [-0.05, 0) is 25.5 Å². The molecule has 1 aliphatic heterocycles. The molecule has 0 aliphatic carbocycles. The second-order valence-corrected chi connectivity index (χ2v) is 5.10. The topological polar surface area (TPSA) is 97.7 Å². The average molecular weight is 314 g/mol. The number of carbonyl (C=O) groups excluding carboxylic acids is 4. The number of hydrogen-bond acceptors (Lipinski definition) is 6. The van der Waals surface area contributed by atoms with Crippen LogP contribution in [-0.2, 0) is 23.9 Å². The Morgan fingerprint density at radius 2 is 1.78 bits per heavy atom. The van der Waals surface area contributed by atoms with E-state index in [0.29, 0.717) is 0 Å². The molecule has 0 saturated heterocycles. The van der Waals surface area contributed by atoms with Crippen molar-refractivity contribution < 1.29 is 29.0 Å². The summed E-state index contributed by atoms with van der Waals surface area (Å²) in [5.74, 6) is -6.56. The Balaban J connectivity index is 2.30. The Hall–Kier alpha value is -3.02. The van der Waals surface area contributed by atoms with Crippen LogP contribution in [0, 0.1) is 12.8 Å². The van der Waals surface area contributed by atoms with Crippen molar-refractivity contribution in [2.45, 2.75) is 13.8 Å². The van der Waals surface area contributed by atoms with Crippen LogP contribution in [0.25, 0.3) is 6.08 Å². The number of cyclic esters (lactones) is 2. The number of esters is 2. The largest absolute Gasteiger partial charge is 0.510 e. The van der Waals surface area contributed by atoms with E-state index in [2.05, 4.69) is 4.74 Å². The van der Waals surface area contributed by atoms with E-state index in [-0.39, 0.29) is 0 Å². The minimum Gasteiger partial charge on any atom is -0.510 e. The number of ether oxygens (including phenoxy) is 1. The Morgan fingerprint density at radius 3 is 2.35 bits per heavy atom. The predicted octanol–water partition coefficient (Wildman–Crippen LogP) is 1.68. The van der Waals surface area contributed by atoms with Gasteiger partial charge in [0.1, 0.15) is 11.3 Å².